The van der Waals surface area contributed by atoms with E-state index in [0.717, 1.165) is 39.7 Å². The van der Waals surface area contributed by atoms with Crippen LogP contribution in [0.4, 0.5) is 0 Å². The maximum Gasteiger partial charge on any atom is 0.482 e. The molecule has 0 saturated carbocycles. The molecule has 3 aromatic carbocycles. The zero-order valence-corrected chi connectivity index (χ0v) is 15.6. The summed E-state index contributed by atoms with van der Waals surface area (Å²) in [5.41, 5.74) is 5.25. The topological polar surface area (TPSA) is 27.1 Å². The summed E-state index contributed by atoms with van der Waals surface area (Å²) in [6, 6.07) is 28.6. The third kappa shape index (κ3) is 2.95. The number of imidazole rings is 1. The predicted octanol–water partition coefficient (Wildman–Crippen LogP) is 4.88. The van der Waals surface area contributed by atoms with Gasteiger partial charge < -0.3 is 8.36 Å². The van der Waals surface area contributed by atoms with E-state index in [1.807, 2.05) is 48.5 Å². The minimum absolute atomic E-state index is 0.782. The molecule has 26 heavy (non-hydrogen) atoms. The number of benzene rings is 3. The fourth-order valence-corrected chi connectivity index (χ4v) is 3.42. The van der Waals surface area contributed by atoms with Crippen molar-refractivity contribution in [1.29, 1.82) is 0 Å². The lowest BCUT2D eigenvalue weighted by Crippen LogP contribution is -1.97. The molecule has 4 aromatic rings. The van der Waals surface area contributed by atoms with E-state index in [1.54, 1.807) is 0 Å². The van der Waals surface area contributed by atoms with Gasteiger partial charge in [-0.3, -0.25) is 0 Å². The van der Waals surface area contributed by atoms with E-state index in [0.29, 0.717) is 0 Å². The number of nitrogens with zero attached hydrogens (tertiary/aromatic N) is 2. The monoisotopic (exact) mass is 352 g/mol. The molecule has 4 heteroatoms. The molecule has 3 nitrogen and oxygen atoms in total. The Balaban J connectivity index is 2.00. The van der Waals surface area contributed by atoms with Crippen LogP contribution in [0.15, 0.2) is 84.9 Å². The smallest absolute Gasteiger partial charge is 0.482 e. The van der Waals surface area contributed by atoms with Gasteiger partial charge in [0, 0.05) is 18.2 Å². The maximum atomic E-state index is 5.48. The van der Waals surface area contributed by atoms with Crippen LogP contribution in [0, 0.1) is 0 Å². The first-order chi connectivity index (χ1) is 12.8. The molecule has 0 N–H and O–H groups in total. The molecule has 1 aromatic heterocycles. The fourth-order valence-electron chi connectivity index (χ4n) is 3.22. The summed E-state index contributed by atoms with van der Waals surface area (Å²) < 4.78 is 7.62. The molecule has 0 saturated heterocycles. The SMILES string of the molecule is Cn1c(-c2ccccc2[O][Al])nc(-c2ccccc2)c1-c1ccccc1. The predicted molar refractivity (Wildman–Crippen MR) is 106 cm³/mol. The lowest BCUT2D eigenvalue weighted by atomic mass is 10.1. The van der Waals surface area contributed by atoms with Crippen LogP contribution in [0.25, 0.3) is 33.9 Å². The van der Waals surface area contributed by atoms with Crippen molar-refractivity contribution in [3.05, 3.63) is 84.9 Å². The second-order valence-corrected chi connectivity index (χ2v) is 6.27. The molecule has 0 aliphatic carbocycles. The lowest BCUT2D eigenvalue weighted by molar-refractivity contribution is 0.617. The Labute approximate surface area is 161 Å². The highest BCUT2D eigenvalue weighted by atomic mass is 27.1. The molecule has 0 bridgehead atoms. The minimum Gasteiger partial charge on any atom is -0.653 e. The highest BCUT2D eigenvalue weighted by molar-refractivity contribution is 6.00. The van der Waals surface area contributed by atoms with Gasteiger partial charge in [-0.05, 0) is 12.1 Å². The van der Waals surface area contributed by atoms with E-state index in [1.165, 1.54) is 0 Å². The van der Waals surface area contributed by atoms with E-state index in [4.69, 9.17) is 8.77 Å². The van der Waals surface area contributed by atoms with Crippen LogP contribution in [0.5, 0.6) is 5.75 Å². The van der Waals surface area contributed by atoms with Crippen molar-refractivity contribution in [3.63, 3.8) is 0 Å². The van der Waals surface area contributed by atoms with Crippen LogP contribution in [0.1, 0.15) is 0 Å². The van der Waals surface area contributed by atoms with Crippen LogP contribution < -0.4 is 3.79 Å². The van der Waals surface area contributed by atoms with Crippen molar-refractivity contribution in [2.24, 2.45) is 7.05 Å². The second kappa shape index (κ2) is 7.21. The summed E-state index contributed by atoms with van der Waals surface area (Å²) in [4.78, 5) is 5.01. The fraction of sp³-hybridized carbons (Fsp3) is 0.0455. The summed E-state index contributed by atoms with van der Waals surface area (Å²) in [7, 11) is 2.05. The van der Waals surface area contributed by atoms with Gasteiger partial charge in [0.25, 0.3) is 0 Å². The molecule has 0 spiro atoms. The number of aromatic nitrogens is 2. The van der Waals surface area contributed by atoms with Crippen molar-refractivity contribution in [2.45, 2.75) is 0 Å². The van der Waals surface area contributed by atoms with E-state index in [2.05, 4.69) is 64.6 Å². The molecule has 2 radical (unpaired) electrons. The van der Waals surface area contributed by atoms with Crippen molar-refractivity contribution >= 4 is 16.6 Å². The van der Waals surface area contributed by atoms with Gasteiger partial charge in [-0.2, -0.15) is 0 Å². The Morgan fingerprint density at radius 2 is 1.35 bits per heavy atom. The Morgan fingerprint density at radius 3 is 2.00 bits per heavy atom. The van der Waals surface area contributed by atoms with Crippen molar-refractivity contribution < 1.29 is 3.79 Å². The molecule has 0 aliphatic heterocycles. The summed E-state index contributed by atoms with van der Waals surface area (Å²) in [5, 5.41) is 0. The van der Waals surface area contributed by atoms with Gasteiger partial charge in [0.15, 0.2) is 0 Å². The molecule has 0 unspecified atom stereocenters. The number of para-hydroxylation sites is 1. The maximum absolute atomic E-state index is 5.48. The third-order valence-corrected chi connectivity index (χ3v) is 4.70. The number of hydrogen-bond acceptors (Lipinski definition) is 2. The normalized spacial score (nSPS) is 10.7. The number of rotatable bonds is 4. The summed E-state index contributed by atoms with van der Waals surface area (Å²) in [5.74, 6) is 1.66. The molecule has 124 valence electrons. The first-order valence-corrected chi connectivity index (χ1v) is 8.90. The van der Waals surface area contributed by atoms with Crippen LogP contribution in [-0.2, 0) is 7.05 Å². The van der Waals surface area contributed by atoms with Crippen molar-refractivity contribution in [2.75, 3.05) is 0 Å². The van der Waals surface area contributed by atoms with Crippen molar-refractivity contribution in [1.82, 2.24) is 9.55 Å². The van der Waals surface area contributed by atoms with Gasteiger partial charge in [0.05, 0.1) is 22.7 Å². The zero-order valence-electron chi connectivity index (χ0n) is 14.5. The standard InChI is InChI=1S/C22H18N2O.Al/c1-24-21(17-12-6-3-7-13-17)20(16-10-4-2-5-11-16)23-22(24)18-14-8-9-15-19(18)25;/h2-15,25H,1H3;/q;+1/p-1. The first kappa shape index (κ1) is 16.7. The van der Waals surface area contributed by atoms with Gasteiger partial charge in [-0.15, -0.1) is 0 Å². The van der Waals surface area contributed by atoms with Gasteiger partial charge in [0.1, 0.15) is 5.82 Å². The van der Waals surface area contributed by atoms with Crippen LogP contribution in [0.3, 0.4) is 0 Å². The summed E-state index contributed by atoms with van der Waals surface area (Å²) in [6.07, 6.45) is 0. The second-order valence-electron chi connectivity index (χ2n) is 6.04. The minimum atomic E-state index is 0.782. The average molecular weight is 352 g/mol. The van der Waals surface area contributed by atoms with Gasteiger partial charge >= 0.3 is 16.6 Å². The zero-order chi connectivity index (χ0) is 17.9. The molecular weight excluding hydrogens is 335 g/mol. The molecule has 0 amide bonds. The molecular formula is C22H17AlN2O. The lowest BCUT2D eigenvalue weighted by Gasteiger charge is -2.11. The van der Waals surface area contributed by atoms with Crippen LogP contribution >= 0.6 is 0 Å². The summed E-state index contributed by atoms with van der Waals surface area (Å²) in [6.45, 7) is 0. The largest absolute Gasteiger partial charge is 0.653 e. The van der Waals surface area contributed by atoms with Crippen LogP contribution in [-0.4, -0.2) is 26.2 Å². The van der Waals surface area contributed by atoms with Gasteiger partial charge in [0.2, 0.25) is 0 Å². The first-order valence-electron chi connectivity index (χ1n) is 8.43. The van der Waals surface area contributed by atoms with E-state index < -0.39 is 0 Å². The third-order valence-electron chi connectivity index (χ3n) is 4.44. The van der Waals surface area contributed by atoms with Gasteiger partial charge in [-0.25, -0.2) is 4.98 Å². The Hall–Kier alpha value is -2.80. The summed E-state index contributed by atoms with van der Waals surface area (Å²) >= 11 is 2.32. The quantitative estimate of drug-likeness (QED) is 0.489. The van der Waals surface area contributed by atoms with Crippen LogP contribution in [0.2, 0.25) is 0 Å². The average Bonchev–Trinajstić information content (AvgIpc) is 3.06. The Morgan fingerprint density at radius 1 is 0.769 bits per heavy atom. The number of hydrogen-bond donors (Lipinski definition) is 0. The van der Waals surface area contributed by atoms with Crippen molar-refractivity contribution in [3.8, 4) is 39.7 Å². The van der Waals surface area contributed by atoms with Gasteiger partial charge in [-0.1, -0.05) is 72.8 Å². The highest BCUT2D eigenvalue weighted by Crippen LogP contribution is 2.37. The van der Waals surface area contributed by atoms with E-state index >= 15 is 0 Å². The molecule has 0 fully saturated rings. The van der Waals surface area contributed by atoms with E-state index in [9.17, 15) is 0 Å². The molecule has 1 heterocycles. The Kier molecular flexibility index (Phi) is 4.62. The van der Waals surface area contributed by atoms with E-state index in [-0.39, 0.29) is 0 Å². The molecule has 4 rings (SSSR count). The highest BCUT2D eigenvalue weighted by Gasteiger charge is 2.20. The molecule has 0 aliphatic rings. The molecule has 0 atom stereocenters. The Bertz CT molecular complexity index is 1030.